The first-order valence-corrected chi connectivity index (χ1v) is 8.27. The van der Waals surface area contributed by atoms with E-state index in [1.165, 1.54) is 11.8 Å². The van der Waals surface area contributed by atoms with Crippen LogP contribution in [-0.2, 0) is 9.59 Å². The van der Waals surface area contributed by atoms with Crippen LogP contribution in [0.15, 0.2) is 42.5 Å². The van der Waals surface area contributed by atoms with Gasteiger partial charge in [-0.25, -0.2) is 0 Å². The third kappa shape index (κ3) is 4.05. The number of benzene rings is 2. The first-order valence-electron chi connectivity index (χ1n) is 8.27. The number of carbonyl (C=O) groups excluding carboxylic acids is 2. The molecule has 3 rings (SSSR count). The molecule has 0 spiro atoms. The summed E-state index contributed by atoms with van der Waals surface area (Å²) in [5, 5.41) is 2.77. The minimum atomic E-state index is -0.312. The molecule has 1 heterocycles. The number of carbonyl (C=O) groups is 2. The number of anilines is 2. The van der Waals surface area contributed by atoms with Crippen LogP contribution in [-0.4, -0.2) is 31.8 Å². The zero-order valence-electron chi connectivity index (χ0n) is 14.7. The SMILES string of the molecule is CCOc1ccc(N(CC(=O)Nc2ccc3c(c2)OCO3)C(C)=O)cc1. The Labute approximate surface area is 151 Å². The second-order valence-electron chi connectivity index (χ2n) is 5.65. The van der Waals surface area contributed by atoms with Crippen LogP contribution in [0.5, 0.6) is 17.2 Å². The van der Waals surface area contributed by atoms with Crippen molar-refractivity contribution in [1.82, 2.24) is 0 Å². The molecule has 7 heteroatoms. The van der Waals surface area contributed by atoms with Gasteiger partial charge >= 0.3 is 0 Å². The van der Waals surface area contributed by atoms with Crippen molar-refractivity contribution < 1.29 is 23.8 Å². The summed E-state index contributed by atoms with van der Waals surface area (Å²) in [7, 11) is 0. The topological polar surface area (TPSA) is 77.1 Å². The molecule has 1 N–H and O–H groups in total. The van der Waals surface area contributed by atoms with E-state index in [2.05, 4.69) is 5.32 Å². The molecule has 0 atom stereocenters. The number of hydrogen-bond donors (Lipinski definition) is 1. The molecule has 7 nitrogen and oxygen atoms in total. The highest BCUT2D eigenvalue weighted by Gasteiger charge is 2.18. The largest absolute Gasteiger partial charge is 0.494 e. The second kappa shape index (κ2) is 7.77. The zero-order valence-corrected chi connectivity index (χ0v) is 14.7. The maximum absolute atomic E-state index is 12.4. The average Bonchev–Trinajstić information content (AvgIpc) is 3.08. The first kappa shape index (κ1) is 17.6. The number of nitrogens with one attached hydrogen (secondary N) is 1. The summed E-state index contributed by atoms with van der Waals surface area (Å²) in [6.45, 7) is 3.95. The smallest absolute Gasteiger partial charge is 0.244 e. The van der Waals surface area contributed by atoms with Crippen LogP contribution in [0, 0.1) is 0 Å². The predicted octanol–water partition coefficient (Wildman–Crippen LogP) is 2.81. The highest BCUT2D eigenvalue weighted by atomic mass is 16.7. The van der Waals surface area contributed by atoms with E-state index in [0.717, 1.165) is 0 Å². The number of nitrogens with zero attached hydrogens (tertiary/aromatic N) is 1. The van der Waals surface area contributed by atoms with E-state index in [4.69, 9.17) is 14.2 Å². The summed E-state index contributed by atoms with van der Waals surface area (Å²) in [5.74, 6) is 1.40. The molecule has 0 saturated heterocycles. The summed E-state index contributed by atoms with van der Waals surface area (Å²) in [5.41, 5.74) is 1.20. The monoisotopic (exact) mass is 356 g/mol. The molecule has 26 heavy (non-hydrogen) atoms. The second-order valence-corrected chi connectivity index (χ2v) is 5.65. The summed E-state index contributed by atoms with van der Waals surface area (Å²) in [4.78, 5) is 25.7. The number of ether oxygens (including phenoxy) is 3. The van der Waals surface area contributed by atoms with Crippen LogP contribution in [0.25, 0.3) is 0 Å². The molecule has 1 aliphatic rings. The Kier molecular flexibility index (Phi) is 5.26. The molecule has 1 aliphatic heterocycles. The quantitative estimate of drug-likeness (QED) is 0.861. The van der Waals surface area contributed by atoms with Crippen LogP contribution in [0.2, 0.25) is 0 Å². The molecule has 0 saturated carbocycles. The molecular weight excluding hydrogens is 336 g/mol. The van der Waals surface area contributed by atoms with E-state index in [9.17, 15) is 9.59 Å². The van der Waals surface area contributed by atoms with E-state index in [1.807, 2.05) is 6.92 Å². The molecule has 2 amide bonds. The molecule has 0 aromatic heterocycles. The van der Waals surface area contributed by atoms with E-state index in [0.29, 0.717) is 35.2 Å². The molecule has 2 aromatic carbocycles. The molecule has 0 aliphatic carbocycles. The molecule has 0 unspecified atom stereocenters. The number of hydrogen-bond acceptors (Lipinski definition) is 5. The third-order valence-corrected chi connectivity index (χ3v) is 3.80. The van der Waals surface area contributed by atoms with Crippen molar-refractivity contribution in [2.24, 2.45) is 0 Å². The Bertz CT molecular complexity index is 804. The van der Waals surface area contributed by atoms with Crippen molar-refractivity contribution in [1.29, 1.82) is 0 Å². The van der Waals surface area contributed by atoms with Crippen LogP contribution >= 0.6 is 0 Å². The van der Waals surface area contributed by atoms with Crippen LogP contribution in [0.4, 0.5) is 11.4 Å². The van der Waals surface area contributed by atoms with E-state index in [-0.39, 0.29) is 25.2 Å². The van der Waals surface area contributed by atoms with Crippen molar-refractivity contribution in [3.8, 4) is 17.2 Å². The number of amides is 2. The summed E-state index contributed by atoms with van der Waals surface area (Å²) in [6, 6.07) is 12.2. The lowest BCUT2D eigenvalue weighted by molar-refractivity contribution is -0.120. The lowest BCUT2D eigenvalue weighted by Crippen LogP contribution is -2.36. The van der Waals surface area contributed by atoms with Crippen molar-refractivity contribution in [3.05, 3.63) is 42.5 Å². The van der Waals surface area contributed by atoms with Gasteiger partial charge in [0.05, 0.1) is 6.61 Å². The standard InChI is InChI=1S/C19H20N2O5/c1-3-24-16-7-5-15(6-8-16)21(13(2)22)11-19(23)20-14-4-9-17-18(10-14)26-12-25-17/h4-10H,3,11-12H2,1-2H3,(H,20,23). The van der Waals surface area contributed by atoms with Crippen molar-refractivity contribution in [3.63, 3.8) is 0 Å². The van der Waals surface area contributed by atoms with E-state index >= 15 is 0 Å². The highest BCUT2D eigenvalue weighted by Crippen LogP contribution is 2.34. The van der Waals surface area contributed by atoms with Crippen molar-refractivity contribution in [2.45, 2.75) is 13.8 Å². The van der Waals surface area contributed by atoms with E-state index < -0.39 is 0 Å². The lowest BCUT2D eigenvalue weighted by Gasteiger charge is -2.21. The molecular formula is C19H20N2O5. The van der Waals surface area contributed by atoms with Gasteiger partial charge in [-0.05, 0) is 43.3 Å². The van der Waals surface area contributed by atoms with Gasteiger partial charge in [0.15, 0.2) is 11.5 Å². The summed E-state index contributed by atoms with van der Waals surface area (Å²) in [6.07, 6.45) is 0. The molecule has 0 fully saturated rings. The van der Waals surface area contributed by atoms with Crippen molar-refractivity contribution >= 4 is 23.2 Å². The van der Waals surface area contributed by atoms with Crippen LogP contribution in [0.3, 0.4) is 0 Å². The normalized spacial score (nSPS) is 11.8. The fourth-order valence-electron chi connectivity index (χ4n) is 2.59. The lowest BCUT2D eigenvalue weighted by atomic mass is 10.2. The summed E-state index contributed by atoms with van der Waals surface area (Å²) < 4.78 is 15.9. The first-order chi connectivity index (χ1) is 12.6. The molecule has 0 bridgehead atoms. The van der Waals surface area contributed by atoms with Gasteiger partial charge in [-0.2, -0.15) is 0 Å². The molecule has 2 aromatic rings. The van der Waals surface area contributed by atoms with Gasteiger partial charge in [-0.1, -0.05) is 0 Å². The minimum absolute atomic E-state index is 0.0994. The predicted molar refractivity (Wildman–Crippen MR) is 96.8 cm³/mol. The van der Waals surface area contributed by atoms with Crippen molar-refractivity contribution in [2.75, 3.05) is 30.2 Å². The van der Waals surface area contributed by atoms with Gasteiger partial charge in [-0.3, -0.25) is 9.59 Å². The Morgan fingerprint density at radius 2 is 1.85 bits per heavy atom. The van der Waals surface area contributed by atoms with Gasteiger partial charge in [0.25, 0.3) is 0 Å². The van der Waals surface area contributed by atoms with Gasteiger partial charge in [0, 0.05) is 24.4 Å². The summed E-state index contributed by atoms with van der Waals surface area (Å²) >= 11 is 0. The Hall–Kier alpha value is -3.22. The Balaban J connectivity index is 1.67. The third-order valence-electron chi connectivity index (χ3n) is 3.80. The minimum Gasteiger partial charge on any atom is -0.494 e. The maximum Gasteiger partial charge on any atom is 0.244 e. The number of fused-ring (bicyclic) bond motifs is 1. The average molecular weight is 356 g/mol. The van der Waals surface area contributed by atoms with E-state index in [1.54, 1.807) is 42.5 Å². The van der Waals surface area contributed by atoms with Crippen LogP contribution < -0.4 is 24.4 Å². The maximum atomic E-state index is 12.4. The Morgan fingerprint density at radius 3 is 2.54 bits per heavy atom. The fraction of sp³-hybridized carbons (Fsp3) is 0.263. The fourth-order valence-corrected chi connectivity index (χ4v) is 2.59. The number of rotatable bonds is 6. The van der Waals surface area contributed by atoms with Gasteiger partial charge in [-0.15, -0.1) is 0 Å². The zero-order chi connectivity index (χ0) is 18.5. The van der Waals surface area contributed by atoms with Gasteiger partial charge in [0.2, 0.25) is 18.6 Å². The molecule has 0 radical (unpaired) electrons. The van der Waals surface area contributed by atoms with Gasteiger partial charge < -0.3 is 24.4 Å². The Morgan fingerprint density at radius 1 is 1.12 bits per heavy atom. The van der Waals surface area contributed by atoms with Crippen LogP contribution in [0.1, 0.15) is 13.8 Å². The highest BCUT2D eigenvalue weighted by molar-refractivity contribution is 6.01. The molecule has 136 valence electrons. The van der Waals surface area contributed by atoms with Gasteiger partial charge in [0.1, 0.15) is 12.3 Å².